The zero-order valence-corrected chi connectivity index (χ0v) is 46.0. The number of anilines is 1. The smallest absolute Gasteiger partial charge is 0.497 e. The average Bonchev–Trinajstić information content (AvgIpc) is 4.44. The predicted octanol–water partition coefficient (Wildman–Crippen LogP) is 5.77. The average molecular weight is 1200 g/mol. The predicted molar refractivity (Wildman–Crippen MR) is 283 cm³/mol. The molecule has 81 heavy (non-hydrogen) atoms. The van der Waals surface area contributed by atoms with Gasteiger partial charge in [-0.3, -0.25) is 37.3 Å². The van der Waals surface area contributed by atoms with E-state index in [2.05, 4.69) is 25.3 Å². The van der Waals surface area contributed by atoms with E-state index in [0.29, 0.717) is 43.8 Å². The second kappa shape index (κ2) is 26.8. The molecule has 430 valence electrons. The maximum Gasteiger partial charge on any atom is 0.598 e. The fourth-order valence-electron chi connectivity index (χ4n) is 8.94. The number of benzene rings is 3. The van der Waals surface area contributed by atoms with Crippen LogP contribution in [0.3, 0.4) is 0 Å². The van der Waals surface area contributed by atoms with Gasteiger partial charge in [0.15, 0.2) is 54.2 Å². The number of fused-ring (bicyclic) bond motifs is 1. The van der Waals surface area contributed by atoms with Gasteiger partial charge in [-0.2, -0.15) is 5.26 Å². The number of phosphoric acid groups is 1. The number of phosphoric ester groups is 1. The summed E-state index contributed by atoms with van der Waals surface area (Å²) in [4.78, 5) is 52.1. The molecule has 4 aliphatic heterocycles. The summed E-state index contributed by atoms with van der Waals surface area (Å²) < 4.78 is 93.3. The molecule has 4 saturated heterocycles. The van der Waals surface area contributed by atoms with Gasteiger partial charge >= 0.3 is 26.9 Å². The van der Waals surface area contributed by atoms with E-state index in [9.17, 15) is 38.8 Å². The summed E-state index contributed by atoms with van der Waals surface area (Å²) in [5, 5.41) is 41.6. The summed E-state index contributed by atoms with van der Waals surface area (Å²) in [6, 6.07) is 22.1. The molecule has 3 aromatic carbocycles. The van der Waals surface area contributed by atoms with E-state index in [4.69, 9.17) is 79.7 Å². The van der Waals surface area contributed by atoms with Crippen molar-refractivity contribution in [2.75, 3.05) is 45.5 Å². The fourth-order valence-corrected chi connectivity index (χ4v) is 12.1. The second-order valence-electron chi connectivity index (χ2n) is 18.1. The molecule has 0 radical (unpaired) electrons. The number of carbonyl (C=O) groups excluding carboxylic acids is 1. The number of aromatic amines is 1. The van der Waals surface area contributed by atoms with Gasteiger partial charge in [-0.1, -0.05) is 47.5 Å². The Morgan fingerprint density at radius 2 is 1.59 bits per heavy atom. The number of hydrogen-bond acceptors (Lipinski definition) is 23. The van der Waals surface area contributed by atoms with Crippen molar-refractivity contribution in [2.24, 2.45) is 0 Å². The SMILES string of the molecule is COc1ccc(C(=O)Nc2ncnc3c2ncn3[C@@H]2O[C@H](CO)[C@@H](OP(=O)(OCCC#N)Oc3ccccc3Cl)[C@H]2OC2CCCO2)cc1.O=c1ccn([C@@H]2O[C@H](CO)[C@](O)([P+](=O)Oc3ccccc3Cl)[C@H]2OC2CCCO2)c(=O)[nH]1. The third-order valence-corrected chi connectivity index (χ3v) is 16.4. The maximum absolute atomic E-state index is 14.2. The highest BCUT2D eigenvalue weighted by Crippen LogP contribution is 2.56. The summed E-state index contributed by atoms with van der Waals surface area (Å²) in [5.74, 6) is 0.349. The van der Waals surface area contributed by atoms with Crippen molar-refractivity contribution in [1.82, 2.24) is 29.1 Å². The standard InChI is InChI=1S/C31H32ClN6O10P.C19H20ClN2O9P/c1-42-20-11-9-19(10-12-20)30(40)37-28-25-29(35-17-34-28)38(18-36-25)31-27(46-24-8-4-14-43-24)26(23(16-39)45-31)48-49(41,44-15-5-13-33)47-22-7-3-2-6-21(22)32;20-11-4-1-2-5-12(11)31-32(27)19(26)13(10-23)29-17(16(19)30-15-6-3-9-28-15)22-8-7-14(24)21-18(22)25/h2-3,6-7,9-12,17-18,23-24,26-27,31,39H,4-5,8,14-16H2,1H3,(H,34,35,37,40);1-2,4-5,7-8,13,15-17,23,26H,3,6,9-10H2/p+1/t23-,24?,26-,27-,31-,49?;13-,15?,16+,17-,19+/m11/s1. The molecule has 0 saturated carbocycles. The molecule has 1 amide bonds. The summed E-state index contributed by atoms with van der Waals surface area (Å²) in [7, 11) is -6.04. The van der Waals surface area contributed by atoms with E-state index in [1.807, 2.05) is 6.07 Å². The Bertz CT molecular complexity index is 3380. The van der Waals surface area contributed by atoms with Crippen LogP contribution in [0.1, 0.15) is 54.9 Å². The van der Waals surface area contributed by atoms with Crippen molar-refractivity contribution in [3.8, 4) is 23.3 Å². The van der Waals surface area contributed by atoms with Crippen molar-refractivity contribution in [1.29, 1.82) is 5.26 Å². The Morgan fingerprint density at radius 1 is 0.901 bits per heavy atom. The molecule has 10 rings (SSSR count). The van der Waals surface area contributed by atoms with Crippen LogP contribution in [0.4, 0.5) is 5.82 Å². The largest absolute Gasteiger partial charge is 0.598 e. The van der Waals surface area contributed by atoms with Crippen LogP contribution < -0.4 is 30.4 Å². The quantitative estimate of drug-likeness (QED) is 0.0422. The Labute approximate surface area is 470 Å². The number of ether oxygens (including phenoxy) is 7. The molecule has 0 bridgehead atoms. The van der Waals surface area contributed by atoms with Crippen LogP contribution in [0.25, 0.3) is 11.2 Å². The summed E-state index contributed by atoms with van der Waals surface area (Å²) in [6.45, 7) is -0.747. The summed E-state index contributed by atoms with van der Waals surface area (Å²) in [6.07, 6.45) is -4.04. The Hall–Kier alpha value is -6.28. The Balaban J connectivity index is 0.000000214. The molecule has 31 heteroatoms. The normalized spacial score (nSPS) is 26.0. The number of aromatic nitrogens is 6. The molecule has 3 aromatic heterocycles. The molecular formula is C50H53Cl2N8O19P2+. The first-order valence-electron chi connectivity index (χ1n) is 25.0. The molecule has 27 nitrogen and oxygen atoms in total. The van der Waals surface area contributed by atoms with Gasteiger partial charge in [-0.25, -0.2) is 24.3 Å². The molecule has 0 spiro atoms. The number of nitriles is 1. The monoisotopic (exact) mass is 1200 g/mol. The number of methoxy groups -OCH3 is 1. The third kappa shape index (κ3) is 13.5. The molecule has 12 atom stereocenters. The van der Waals surface area contributed by atoms with Crippen molar-refractivity contribution in [3.05, 3.63) is 134 Å². The molecule has 5 N–H and O–H groups in total. The van der Waals surface area contributed by atoms with Gasteiger partial charge in [-0.05, 0) is 65.9 Å². The van der Waals surface area contributed by atoms with E-state index in [-0.39, 0.29) is 51.6 Å². The number of imidazole rings is 1. The Kier molecular flexibility index (Phi) is 19.6. The highest BCUT2D eigenvalue weighted by atomic mass is 35.5. The van der Waals surface area contributed by atoms with E-state index >= 15 is 0 Å². The van der Waals surface area contributed by atoms with Crippen molar-refractivity contribution < 1.29 is 80.5 Å². The van der Waals surface area contributed by atoms with Crippen LogP contribution in [-0.2, 0) is 46.6 Å². The van der Waals surface area contributed by atoms with Crippen LogP contribution in [-0.4, -0.2) is 139 Å². The van der Waals surface area contributed by atoms with Crippen LogP contribution in [0.5, 0.6) is 17.2 Å². The highest BCUT2D eigenvalue weighted by molar-refractivity contribution is 7.49. The number of aliphatic hydroxyl groups excluding tert-OH is 2. The number of nitrogens with zero attached hydrogens (tertiary/aromatic N) is 6. The lowest BCUT2D eigenvalue weighted by Gasteiger charge is -2.29. The number of rotatable bonds is 21. The number of hydrogen-bond donors (Lipinski definition) is 5. The minimum absolute atomic E-state index is 0.0126. The molecular weight excluding hydrogens is 1150 g/mol. The minimum Gasteiger partial charge on any atom is -0.497 e. The Morgan fingerprint density at radius 3 is 2.22 bits per heavy atom. The van der Waals surface area contributed by atoms with E-state index in [0.717, 1.165) is 23.3 Å². The van der Waals surface area contributed by atoms with Gasteiger partial charge in [0.2, 0.25) is 5.75 Å². The number of para-hydroxylation sites is 2. The van der Waals surface area contributed by atoms with Crippen molar-refractivity contribution >= 4 is 61.9 Å². The zero-order chi connectivity index (χ0) is 57.3. The molecule has 6 aromatic rings. The van der Waals surface area contributed by atoms with Crippen molar-refractivity contribution in [2.45, 2.75) is 93.0 Å². The van der Waals surface area contributed by atoms with Crippen LogP contribution in [0.2, 0.25) is 10.0 Å². The van der Waals surface area contributed by atoms with Crippen LogP contribution in [0.15, 0.2) is 107 Å². The topological polar surface area (TPSA) is 348 Å². The fraction of sp³-hybridized carbons (Fsp3) is 0.420. The lowest BCUT2D eigenvalue weighted by molar-refractivity contribution is -0.188. The van der Waals surface area contributed by atoms with Gasteiger partial charge in [0, 0.05) is 43.9 Å². The zero-order valence-electron chi connectivity index (χ0n) is 42.7. The van der Waals surface area contributed by atoms with Gasteiger partial charge in [0.1, 0.15) is 36.1 Å². The number of carbonyl (C=O) groups is 1. The van der Waals surface area contributed by atoms with Gasteiger partial charge in [-0.15, -0.1) is 0 Å². The maximum atomic E-state index is 14.2. The molecule has 7 heterocycles. The van der Waals surface area contributed by atoms with Gasteiger partial charge < -0.3 is 58.3 Å². The number of H-pyrrole nitrogens is 1. The van der Waals surface area contributed by atoms with Crippen LogP contribution >= 0.6 is 39.1 Å². The lowest BCUT2D eigenvalue weighted by Crippen LogP contribution is -2.50. The first kappa shape index (κ1) is 59.3. The van der Waals surface area contributed by atoms with E-state index in [1.165, 1.54) is 48.6 Å². The molecule has 4 unspecified atom stereocenters. The first-order valence-corrected chi connectivity index (χ1v) is 28.4. The highest BCUT2D eigenvalue weighted by Gasteiger charge is 2.73. The number of nitrogens with one attached hydrogen (secondary N) is 2. The summed E-state index contributed by atoms with van der Waals surface area (Å²) in [5.41, 5.74) is -0.623. The van der Waals surface area contributed by atoms with E-state index < -0.39 is 107 Å². The van der Waals surface area contributed by atoms with Crippen molar-refractivity contribution in [3.63, 3.8) is 0 Å². The first-order chi connectivity index (χ1) is 39.2. The number of halogens is 2. The number of amides is 1. The summed E-state index contributed by atoms with van der Waals surface area (Å²) >= 11 is 12.4. The minimum atomic E-state index is -4.54. The number of aliphatic hydroxyl groups is 3. The lowest BCUT2D eigenvalue weighted by atomic mass is 10.1. The molecule has 0 aliphatic carbocycles. The van der Waals surface area contributed by atoms with E-state index in [1.54, 1.807) is 48.5 Å². The second-order valence-corrected chi connectivity index (χ2v) is 21.9. The molecule has 4 aliphatic rings. The van der Waals surface area contributed by atoms with Gasteiger partial charge in [0.05, 0.1) is 55.8 Å². The van der Waals surface area contributed by atoms with Gasteiger partial charge in [0.25, 0.3) is 11.5 Å². The van der Waals surface area contributed by atoms with Crippen LogP contribution in [0, 0.1) is 11.3 Å². The molecule has 4 fully saturated rings. The third-order valence-electron chi connectivity index (χ3n) is 12.9.